The van der Waals surface area contributed by atoms with Crippen molar-refractivity contribution in [1.82, 2.24) is 5.32 Å². The summed E-state index contributed by atoms with van der Waals surface area (Å²) >= 11 is 0. The van der Waals surface area contributed by atoms with Crippen molar-refractivity contribution in [3.63, 3.8) is 0 Å². The molecule has 1 aliphatic carbocycles. The number of amides is 1. The van der Waals surface area contributed by atoms with Crippen LogP contribution in [-0.4, -0.2) is 24.5 Å². The van der Waals surface area contributed by atoms with Crippen LogP contribution in [0.3, 0.4) is 0 Å². The summed E-state index contributed by atoms with van der Waals surface area (Å²) in [5.74, 6) is -0.723. The monoisotopic (exact) mass is 289 g/mol. The van der Waals surface area contributed by atoms with Crippen LogP contribution in [0.2, 0.25) is 0 Å². The molecule has 1 N–H and O–H groups in total. The van der Waals surface area contributed by atoms with Crippen molar-refractivity contribution in [3.8, 4) is 0 Å². The molecule has 0 unspecified atom stereocenters. The molecule has 114 valence electrons. The zero-order chi connectivity index (χ0) is 15.3. The molecule has 0 aliphatic heterocycles. The Kier molecular flexibility index (Phi) is 4.99. The second-order valence-corrected chi connectivity index (χ2v) is 5.76. The quantitative estimate of drug-likeness (QED) is 0.867. The number of hydrogen-bond acceptors (Lipinski definition) is 3. The SMILES string of the molecule is COC(=O)C1(NC(=O)[C@H](C)c2ccccc2)CCCCC1. The standard InChI is InChI=1S/C17H23NO3/c1-13(14-9-5-3-6-10-14)15(19)18-17(16(20)21-2)11-7-4-8-12-17/h3,5-6,9-10,13H,4,7-8,11-12H2,1-2H3,(H,18,19)/t13-/m1/s1. The lowest BCUT2D eigenvalue weighted by molar-refractivity contribution is -0.152. The lowest BCUT2D eigenvalue weighted by Gasteiger charge is -2.36. The molecule has 1 saturated carbocycles. The Hall–Kier alpha value is -1.84. The summed E-state index contributed by atoms with van der Waals surface area (Å²) < 4.78 is 4.93. The van der Waals surface area contributed by atoms with Gasteiger partial charge in [-0.25, -0.2) is 4.79 Å². The van der Waals surface area contributed by atoms with E-state index in [0.717, 1.165) is 24.8 Å². The number of carbonyl (C=O) groups is 2. The third kappa shape index (κ3) is 3.43. The van der Waals surface area contributed by atoms with Crippen molar-refractivity contribution in [2.75, 3.05) is 7.11 Å². The summed E-state index contributed by atoms with van der Waals surface area (Å²) in [6.45, 7) is 1.86. The Bertz CT molecular complexity index is 492. The minimum atomic E-state index is -0.840. The summed E-state index contributed by atoms with van der Waals surface area (Å²) in [4.78, 5) is 24.7. The van der Waals surface area contributed by atoms with Crippen LogP contribution in [-0.2, 0) is 14.3 Å². The highest BCUT2D eigenvalue weighted by atomic mass is 16.5. The fraction of sp³-hybridized carbons (Fsp3) is 0.529. The molecule has 0 heterocycles. The molecule has 1 amide bonds. The molecule has 0 spiro atoms. The van der Waals surface area contributed by atoms with Crippen LogP contribution < -0.4 is 5.32 Å². The predicted octanol–water partition coefficient (Wildman–Crippen LogP) is 2.78. The van der Waals surface area contributed by atoms with Gasteiger partial charge in [0, 0.05) is 0 Å². The highest BCUT2D eigenvalue weighted by molar-refractivity contribution is 5.91. The van der Waals surface area contributed by atoms with E-state index >= 15 is 0 Å². The minimum Gasteiger partial charge on any atom is -0.467 e. The molecular formula is C17H23NO3. The van der Waals surface area contributed by atoms with E-state index in [1.165, 1.54) is 7.11 Å². The molecule has 2 rings (SSSR count). The van der Waals surface area contributed by atoms with Gasteiger partial charge in [-0.15, -0.1) is 0 Å². The molecule has 0 bridgehead atoms. The van der Waals surface area contributed by atoms with Crippen molar-refractivity contribution in [3.05, 3.63) is 35.9 Å². The Labute approximate surface area is 125 Å². The molecule has 4 heteroatoms. The smallest absolute Gasteiger partial charge is 0.331 e. The molecule has 1 aliphatic rings. The molecular weight excluding hydrogens is 266 g/mol. The average molecular weight is 289 g/mol. The molecule has 0 aromatic heterocycles. The minimum absolute atomic E-state index is 0.117. The number of hydrogen-bond donors (Lipinski definition) is 1. The Morgan fingerprint density at radius 1 is 1.14 bits per heavy atom. The van der Waals surface area contributed by atoms with Gasteiger partial charge in [-0.2, -0.15) is 0 Å². The number of carbonyl (C=O) groups excluding carboxylic acids is 2. The number of ether oxygens (including phenoxy) is 1. The summed E-state index contributed by atoms with van der Waals surface area (Å²) in [7, 11) is 1.38. The van der Waals surface area contributed by atoms with E-state index in [-0.39, 0.29) is 17.8 Å². The molecule has 1 aromatic carbocycles. The second kappa shape index (κ2) is 6.74. The van der Waals surface area contributed by atoms with Gasteiger partial charge in [-0.1, -0.05) is 49.6 Å². The van der Waals surface area contributed by atoms with Crippen molar-refractivity contribution in [2.45, 2.75) is 50.5 Å². The average Bonchev–Trinajstić information content (AvgIpc) is 2.55. The number of esters is 1. The maximum atomic E-state index is 12.5. The highest BCUT2D eigenvalue weighted by Crippen LogP contribution is 2.30. The number of methoxy groups -OCH3 is 1. The van der Waals surface area contributed by atoms with Crippen LogP contribution in [0.5, 0.6) is 0 Å². The molecule has 21 heavy (non-hydrogen) atoms. The van der Waals surface area contributed by atoms with Gasteiger partial charge in [-0.3, -0.25) is 4.79 Å². The first-order valence-electron chi connectivity index (χ1n) is 7.54. The van der Waals surface area contributed by atoms with E-state index in [2.05, 4.69) is 5.32 Å². The van der Waals surface area contributed by atoms with E-state index in [9.17, 15) is 9.59 Å². The maximum Gasteiger partial charge on any atom is 0.331 e. The number of rotatable bonds is 4. The van der Waals surface area contributed by atoms with Crippen LogP contribution in [0.1, 0.15) is 50.5 Å². The van der Waals surface area contributed by atoms with E-state index < -0.39 is 5.54 Å². The van der Waals surface area contributed by atoms with Gasteiger partial charge in [0.05, 0.1) is 13.0 Å². The topological polar surface area (TPSA) is 55.4 Å². The molecule has 0 saturated heterocycles. The first-order valence-corrected chi connectivity index (χ1v) is 7.54. The first-order chi connectivity index (χ1) is 10.1. The summed E-state index contributed by atoms with van der Waals surface area (Å²) in [5, 5.41) is 2.97. The highest BCUT2D eigenvalue weighted by Gasteiger charge is 2.42. The van der Waals surface area contributed by atoms with Crippen LogP contribution in [0.4, 0.5) is 0 Å². The zero-order valence-corrected chi connectivity index (χ0v) is 12.7. The zero-order valence-electron chi connectivity index (χ0n) is 12.7. The normalized spacial score (nSPS) is 18.6. The maximum absolute atomic E-state index is 12.5. The number of benzene rings is 1. The van der Waals surface area contributed by atoms with Gasteiger partial charge < -0.3 is 10.1 Å². The molecule has 1 fully saturated rings. The summed E-state index contributed by atoms with van der Waals surface area (Å²) in [6, 6.07) is 9.60. The Morgan fingerprint density at radius 3 is 2.33 bits per heavy atom. The van der Waals surface area contributed by atoms with E-state index in [0.29, 0.717) is 12.8 Å². The van der Waals surface area contributed by atoms with E-state index in [1.54, 1.807) is 0 Å². The van der Waals surface area contributed by atoms with Gasteiger partial charge in [-0.05, 0) is 25.3 Å². The first kappa shape index (κ1) is 15.5. The summed E-state index contributed by atoms with van der Waals surface area (Å²) in [6.07, 6.45) is 4.30. The largest absolute Gasteiger partial charge is 0.467 e. The third-order valence-corrected chi connectivity index (χ3v) is 4.34. The van der Waals surface area contributed by atoms with E-state index in [1.807, 2.05) is 37.3 Å². The predicted molar refractivity (Wildman–Crippen MR) is 80.8 cm³/mol. The van der Waals surface area contributed by atoms with E-state index in [4.69, 9.17) is 4.74 Å². The van der Waals surface area contributed by atoms with Crippen LogP contribution >= 0.6 is 0 Å². The van der Waals surface area contributed by atoms with Crippen molar-refractivity contribution in [1.29, 1.82) is 0 Å². The fourth-order valence-corrected chi connectivity index (χ4v) is 2.97. The van der Waals surface area contributed by atoms with Gasteiger partial charge >= 0.3 is 5.97 Å². The van der Waals surface area contributed by atoms with Crippen LogP contribution in [0.25, 0.3) is 0 Å². The van der Waals surface area contributed by atoms with Gasteiger partial charge in [0.2, 0.25) is 5.91 Å². The van der Waals surface area contributed by atoms with Crippen molar-refractivity contribution < 1.29 is 14.3 Å². The lowest BCUT2D eigenvalue weighted by atomic mass is 9.81. The van der Waals surface area contributed by atoms with Gasteiger partial charge in [0.25, 0.3) is 0 Å². The van der Waals surface area contributed by atoms with Crippen LogP contribution in [0.15, 0.2) is 30.3 Å². The van der Waals surface area contributed by atoms with Crippen molar-refractivity contribution >= 4 is 11.9 Å². The molecule has 1 aromatic rings. The molecule has 0 radical (unpaired) electrons. The number of nitrogens with one attached hydrogen (secondary N) is 1. The molecule has 4 nitrogen and oxygen atoms in total. The lowest BCUT2D eigenvalue weighted by Crippen LogP contribution is -2.56. The Morgan fingerprint density at radius 2 is 1.76 bits per heavy atom. The van der Waals surface area contributed by atoms with Gasteiger partial charge in [0.15, 0.2) is 0 Å². The summed E-state index contributed by atoms with van der Waals surface area (Å²) in [5.41, 5.74) is 0.110. The second-order valence-electron chi connectivity index (χ2n) is 5.76. The third-order valence-electron chi connectivity index (χ3n) is 4.34. The van der Waals surface area contributed by atoms with Gasteiger partial charge in [0.1, 0.15) is 5.54 Å². The van der Waals surface area contributed by atoms with Crippen molar-refractivity contribution in [2.24, 2.45) is 0 Å². The Balaban J connectivity index is 2.13. The fourth-order valence-electron chi connectivity index (χ4n) is 2.97. The van der Waals surface area contributed by atoms with Crippen LogP contribution in [0, 0.1) is 0 Å². The molecule has 1 atom stereocenters.